The van der Waals surface area contributed by atoms with Crippen LogP contribution in [0.4, 0.5) is 4.39 Å². The minimum Gasteiger partial charge on any atom is -0.488 e. The van der Waals surface area contributed by atoms with Crippen LogP contribution < -0.4 is 10.1 Å². The van der Waals surface area contributed by atoms with Gasteiger partial charge in [0.2, 0.25) is 0 Å². The van der Waals surface area contributed by atoms with Gasteiger partial charge >= 0.3 is 0 Å². The fourth-order valence-electron chi connectivity index (χ4n) is 2.01. The summed E-state index contributed by atoms with van der Waals surface area (Å²) >= 11 is 0. The first kappa shape index (κ1) is 15.6. The molecule has 2 rings (SSSR count). The first-order valence-electron chi connectivity index (χ1n) is 7.16. The maximum absolute atomic E-state index is 13.2. The molecule has 1 N–H and O–H groups in total. The van der Waals surface area contributed by atoms with Crippen molar-refractivity contribution in [2.24, 2.45) is 0 Å². The third kappa shape index (κ3) is 4.33. The van der Waals surface area contributed by atoms with E-state index in [0.717, 1.165) is 22.6 Å². The van der Waals surface area contributed by atoms with Crippen LogP contribution in [-0.4, -0.2) is 6.04 Å². The van der Waals surface area contributed by atoms with Gasteiger partial charge in [-0.05, 0) is 31.5 Å². The molecule has 0 bridgehead atoms. The van der Waals surface area contributed by atoms with Crippen LogP contribution in [0.3, 0.4) is 0 Å². The highest BCUT2D eigenvalue weighted by molar-refractivity contribution is 5.33. The van der Waals surface area contributed by atoms with Crippen LogP contribution in [0.5, 0.6) is 5.75 Å². The summed E-state index contributed by atoms with van der Waals surface area (Å²) in [6.45, 7) is 9.06. The molecule has 1 heterocycles. The third-order valence-corrected chi connectivity index (χ3v) is 3.29. The normalized spacial score (nSPS) is 11.1. The first-order valence-corrected chi connectivity index (χ1v) is 7.16. The predicted octanol–water partition coefficient (Wildman–Crippen LogP) is 4.11. The number of hydrogen-bond donors (Lipinski definition) is 1. The smallest absolute Gasteiger partial charge is 0.126 e. The van der Waals surface area contributed by atoms with Crippen LogP contribution in [0.1, 0.15) is 36.5 Å². The Bertz CT molecular complexity index is 605. The Labute approximate surface area is 125 Å². The largest absolute Gasteiger partial charge is 0.488 e. The summed E-state index contributed by atoms with van der Waals surface area (Å²) in [6, 6.07) is 6.95. The molecule has 0 amide bonds. The zero-order valence-electron chi connectivity index (χ0n) is 13.0. The monoisotopic (exact) mass is 291 g/mol. The van der Waals surface area contributed by atoms with Crippen molar-refractivity contribution in [3.63, 3.8) is 0 Å². The van der Waals surface area contributed by atoms with E-state index in [9.17, 15) is 4.39 Å². The van der Waals surface area contributed by atoms with Crippen LogP contribution in [-0.2, 0) is 13.2 Å². The van der Waals surface area contributed by atoms with E-state index in [4.69, 9.17) is 9.15 Å². The fourth-order valence-corrected chi connectivity index (χ4v) is 2.01. The number of ether oxygens (including phenoxy) is 1. The molecule has 0 spiro atoms. The maximum atomic E-state index is 13.2. The van der Waals surface area contributed by atoms with Gasteiger partial charge in [0.25, 0.3) is 0 Å². The predicted molar refractivity (Wildman–Crippen MR) is 80.9 cm³/mol. The van der Waals surface area contributed by atoms with E-state index < -0.39 is 0 Å². The molecule has 0 fully saturated rings. The quantitative estimate of drug-likeness (QED) is 0.869. The van der Waals surface area contributed by atoms with E-state index in [0.29, 0.717) is 24.9 Å². The molecule has 21 heavy (non-hydrogen) atoms. The summed E-state index contributed by atoms with van der Waals surface area (Å²) in [4.78, 5) is 0. The van der Waals surface area contributed by atoms with E-state index in [2.05, 4.69) is 19.2 Å². The summed E-state index contributed by atoms with van der Waals surface area (Å²) in [5.41, 5.74) is 1.90. The van der Waals surface area contributed by atoms with Crippen LogP contribution in [0.25, 0.3) is 0 Å². The topological polar surface area (TPSA) is 34.4 Å². The maximum Gasteiger partial charge on any atom is 0.126 e. The van der Waals surface area contributed by atoms with Crippen molar-refractivity contribution < 1.29 is 13.5 Å². The van der Waals surface area contributed by atoms with Crippen molar-refractivity contribution in [1.82, 2.24) is 5.32 Å². The van der Waals surface area contributed by atoms with Gasteiger partial charge in [-0.3, -0.25) is 0 Å². The second-order valence-electron chi connectivity index (χ2n) is 5.53. The van der Waals surface area contributed by atoms with Crippen LogP contribution in [0, 0.1) is 19.7 Å². The lowest BCUT2D eigenvalue weighted by Gasteiger charge is -2.08. The van der Waals surface area contributed by atoms with Gasteiger partial charge in [0.05, 0.1) is 6.54 Å². The highest BCUT2D eigenvalue weighted by atomic mass is 19.1. The molecule has 0 radical (unpaired) electrons. The molecular formula is C17H22FNO2. The molecule has 0 aliphatic rings. The van der Waals surface area contributed by atoms with Gasteiger partial charge in [-0.1, -0.05) is 19.9 Å². The fraction of sp³-hybridized carbons (Fsp3) is 0.412. The van der Waals surface area contributed by atoms with E-state index >= 15 is 0 Å². The number of benzene rings is 1. The lowest BCUT2D eigenvalue weighted by Crippen LogP contribution is -2.21. The van der Waals surface area contributed by atoms with E-state index in [1.54, 1.807) is 6.07 Å². The van der Waals surface area contributed by atoms with E-state index in [-0.39, 0.29) is 5.82 Å². The summed E-state index contributed by atoms with van der Waals surface area (Å²) in [5, 5.41) is 3.31. The second kappa shape index (κ2) is 6.76. The number of hydrogen-bond acceptors (Lipinski definition) is 3. The van der Waals surface area contributed by atoms with Gasteiger partial charge in [0.1, 0.15) is 29.7 Å². The average Bonchev–Trinajstić information content (AvgIpc) is 2.78. The number of halogens is 1. The Morgan fingerprint density at radius 1 is 1.24 bits per heavy atom. The van der Waals surface area contributed by atoms with E-state index in [1.165, 1.54) is 12.1 Å². The molecule has 0 unspecified atom stereocenters. The molecule has 1 aromatic heterocycles. The highest BCUT2D eigenvalue weighted by Gasteiger charge is 2.09. The van der Waals surface area contributed by atoms with Gasteiger partial charge in [-0.15, -0.1) is 0 Å². The summed E-state index contributed by atoms with van der Waals surface area (Å²) < 4.78 is 24.6. The van der Waals surface area contributed by atoms with Gasteiger partial charge in [0, 0.05) is 17.7 Å². The Morgan fingerprint density at radius 3 is 2.71 bits per heavy atom. The summed E-state index contributed by atoms with van der Waals surface area (Å²) in [5.74, 6) is 2.00. The average molecular weight is 291 g/mol. The number of aryl methyl sites for hydroxylation is 2. The van der Waals surface area contributed by atoms with Crippen molar-refractivity contribution in [2.75, 3.05) is 0 Å². The van der Waals surface area contributed by atoms with Gasteiger partial charge in [-0.2, -0.15) is 0 Å². The Hall–Kier alpha value is -1.81. The lowest BCUT2D eigenvalue weighted by molar-refractivity contribution is 0.299. The van der Waals surface area contributed by atoms with Crippen molar-refractivity contribution in [3.8, 4) is 5.75 Å². The van der Waals surface area contributed by atoms with Gasteiger partial charge in [0.15, 0.2) is 0 Å². The third-order valence-electron chi connectivity index (χ3n) is 3.29. The minimum atomic E-state index is -0.290. The number of rotatable bonds is 6. The summed E-state index contributed by atoms with van der Waals surface area (Å²) in [6.07, 6.45) is 0. The first-order chi connectivity index (χ1) is 9.95. The summed E-state index contributed by atoms with van der Waals surface area (Å²) in [7, 11) is 0. The van der Waals surface area contributed by atoms with E-state index in [1.807, 2.05) is 19.9 Å². The Kier molecular flexibility index (Phi) is 5.02. The molecule has 0 aliphatic heterocycles. The molecule has 3 nitrogen and oxygen atoms in total. The van der Waals surface area contributed by atoms with Gasteiger partial charge in [-0.25, -0.2) is 4.39 Å². The Balaban J connectivity index is 2.01. The molecule has 4 heteroatoms. The standard InChI is InChI=1S/C17H22FNO2/c1-11(2)19-9-16-7-14(13(4)21-16)10-20-17-8-15(18)6-5-12(17)3/h5-8,11,19H,9-10H2,1-4H3. The SMILES string of the molecule is Cc1ccc(F)cc1OCc1cc(CNC(C)C)oc1C. The van der Waals surface area contributed by atoms with Crippen molar-refractivity contribution >= 4 is 0 Å². The Morgan fingerprint density at radius 2 is 2.00 bits per heavy atom. The zero-order valence-corrected chi connectivity index (χ0v) is 13.0. The van der Waals surface area contributed by atoms with Crippen LogP contribution in [0.2, 0.25) is 0 Å². The van der Waals surface area contributed by atoms with Crippen LogP contribution in [0.15, 0.2) is 28.7 Å². The number of nitrogens with one attached hydrogen (secondary N) is 1. The molecular weight excluding hydrogens is 269 g/mol. The molecule has 1 aromatic carbocycles. The molecule has 0 atom stereocenters. The van der Waals surface area contributed by atoms with Crippen molar-refractivity contribution in [1.29, 1.82) is 0 Å². The number of furan rings is 1. The van der Waals surface area contributed by atoms with Crippen molar-refractivity contribution in [2.45, 2.75) is 46.9 Å². The molecule has 0 saturated heterocycles. The molecule has 0 saturated carbocycles. The second-order valence-corrected chi connectivity index (χ2v) is 5.53. The van der Waals surface area contributed by atoms with Gasteiger partial charge < -0.3 is 14.5 Å². The molecule has 114 valence electrons. The zero-order chi connectivity index (χ0) is 15.4. The minimum absolute atomic E-state index is 0.290. The highest BCUT2D eigenvalue weighted by Crippen LogP contribution is 2.22. The molecule has 0 aliphatic carbocycles. The van der Waals surface area contributed by atoms with Crippen LogP contribution >= 0.6 is 0 Å². The molecule has 2 aromatic rings. The lowest BCUT2D eigenvalue weighted by atomic mass is 10.2. The van der Waals surface area contributed by atoms with Crippen molar-refractivity contribution in [3.05, 3.63) is 52.7 Å².